The standard InChI is InChI=1S/C47H33N3/c48-29-11-20-40(49)42-22-10-21-41(50-42)31-25-23-30(24-26-31)34-27-28-39-45-35(34)18-9-19-38(45)46-43(32-12-3-1-4-13-32)36-16-7-8-17-37(36)44(47(39)46)33-14-5-2-6-15-33/h1-28,49H,29,48H2/b20-11-,49-40?. The summed E-state index contributed by atoms with van der Waals surface area (Å²) < 4.78 is 0. The van der Waals surface area contributed by atoms with Gasteiger partial charge in [-0.2, -0.15) is 0 Å². The third-order valence-electron chi connectivity index (χ3n) is 9.86. The highest BCUT2D eigenvalue weighted by molar-refractivity contribution is 6.28. The molecule has 3 N–H and O–H groups in total. The number of pyridine rings is 1. The van der Waals surface area contributed by atoms with Gasteiger partial charge in [-0.15, -0.1) is 0 Å². The summed E-state index contributed by atoms with van der Waals surface area (Å²) in [5.74, 6) is 0. The van der Waals surface area contributed by atoms with Crippen molar-refractivity contribution in [1.29, 1.82) is 5.41 Å². The fourth-order valence-corrected chi connectivity index (χ4v) is 7.70. The van der Waals surface area contributed by atoms with Gasteiger partial charge in [0.1, 0.15) is 0 Å². The first-order chi connectivity index (χ1) is 24.7. The Morgan fingerprint density at radius 1 is 0.480 bits per heavy atom. The van der Waals surface area contributed by atoms with Gasteiger partial charge in [0, 0.05) is 12.1 Å². The number of nitrogens with one attached hydrogen (secondary N) is 1. The molecule has 0 saturated carbocycles. The molecular formula is C47H33N3. The van der Waals surface area contributed by atoms with Gasteiger partial charge < -0.3 is 5.73 Å². The Balaban J connectivity index is 1.24. The maximum absolute atomic E-state index is 8.36. The quantitative estimate of drug-likeness (QED) is 0.170. The second-order valence-corrected chi connectivity index (χ2v) is 12.7. The lowest BCUT2D eigenvalue weighted by Gasteiger charge is -2.20. The van der Waals surface area contributed by atoms with Gasteiger partial charge in [-0.1, -0.05) is 152 Å². The average molecular weight is 640 g/mol. The zero-order chi connectivity index (χ0) is 33.6. The maximum Gasteiger partial charge on any atom is 0.0886 e. The first kappa shape index (κ1) is 29.7. The zero-order valence-electron chi connectivity index (χ0n) is 27.4. The third kappa shape index (κ3) is 4.79. The number of benzene rings is 7. The van der Waals surface area contributed by atoms with Gasteiger partial charge in [-0.05, 0) is 95.4 Å². The topological polar surface area (TPSA) is 62.8 Å². The predicted octanol–water partition coefficient (Wildman–Crippen LogP) is 11.6. The number of rotatable bonds is 7. The summed E-state index contributed by atoms with van der Waals surface area (Å²) in [6.07, 6.45) is 3.48. The van der Waals surface area contributed by atoms with E-state index < -0.39 is 0 Å². The van der Waals surface area contributed by atoms with Crippen LogP contribution in [0.3, 0.4) is 0 Å². The van der Waals surface area contributed by atoms with Crippen LogP contribution in [0.15, 0.2) is 170 Å². The van der Waals surface area contributed by atoms with Crippen LogP contribution in [0.2, 0.25) is 0 Å². The molecule has 0 spiro atoms. The molecule has 236 valence electrons. The Morgan fingerprint density at radius 3 is 1.66 bits per heavy atom. The van der Waals surface area contributed by atoms with E-state index in [1.807, 2.05) is 18.2 Å². The highest BCUT2D eigenvalue weighted by atomic mass is 14.7. The highest BCUT2D eigenvalue weighted by Crippen LogP contribution is 2.58. The van der Waals surface area contributed by atoms with E-state index in [0.29, 0.717) is 18.0 Å². The summed E-state index contributed by atoms with van der Waals surface area (Å²) in [7, 11) is 0. The minimum atomic E-state index is 0.349. The van der Waals surface area contributed by atoms with Crippen molar-refractivity contribution >= 4 is 27.3 Å². The van der Waals surface area contributed by atoms with Crippen LogP contribution in [0.5, 0.6) is 0 Å². The van der Waals surface area contributed by atoms with Crippen LogP contribution in [0.4, 0.5) is 0 Å². The molecule has 1 aliphatic carbocycles. The van der Waals surface area contributed by atoms with Crippen LogP contribution >= 0.6 is 0 Å². The normalized spacial score (nSPS) is 11.8. The van der Waals surface area contributed by atoms with Crippen LogP contribution in [0.25, 0.3) is 88.4 Å². The van der Waals surface area contributed by atoms with E-state index in [4.69, 9.17) is 16.1 Å². The molecule has 0 saturated heterocycles. The van der Waals surface area contributed by atoms with Gasteiger partial charge in [0.25, 0.3) is 0 Å². The van der Waals surface area contributed by atoms with Crippen LogP contribution in [-0.2, 0) is 0 Å². The lowest BCUT2D eigenvalue weighted by atomic mass is 9.82. The number of hydrogen-bond acceptors (Lipinski definition) is 3. The van der Waals surface area contributed by atoms with Gasteiger partial charge >= 0.3 is 0 Å². The van der Waals surface area contributed by atoms with E-state index in [9.17, 15) is 0 Å². The summed E-state index contributed by atoms with van der Waals surface area (Å²) in [6.45, 7) is 0.395. The molecule has 3 nitrogen and oxygen atoms in total. The Labute approximate surface area is 291 Å². The van der Waals surface area contributed by atoms with Crippen molar-refractivity contribution < 1.29 is 0 Å². The summed E-state index contributed by atoms with van der Waals surface area (Å²) in [6, 6.07) is 56.5. The molecule has 50 heavy (non-hydrogen) atoms. The SMILES string of the molecule is N=C(/C=C\CN)c1cccc(-c2ccc(-c3ccc4c5c(cccc35)-c3c-4c(-c4ccccc4)c4ccccc4c3-c3ccccc3)cc2)n1. The number of aromatic nitrogens is 1. The lowest BCUT2D eigenvalue weighted by molar-refractivity contribution is 1.25. The first-order valence-corrected chi connectivity index (χ1v) is 17.0. The van der Waals surface area contributed by atoms with Crippen molar-refractivity contribution in [3.05, 3.63) is 176 Å². The molecule has 0 bridgehead atoms. The molecule has 1 heterocycles. The average Bonchev–Trinajstić information content (AvgIpc) is 3.51. The van der Waals surface area contributed by atoms with E-state index in [0.717, 1.165) is 16.8 Å². The number of allylic oxidation sites excluding steroid dienone is 1. The van der Waals surface area contributed by atoms with Gasteiger partial charge in [0.05, 0.1) is 17.1 Å². The second-order valence-electron chi connectivity index (χ2n) is 12.7. The summed E-state index contributed by atoms with van der Waals surface area (Å²) in [5.41, 5.74) is 21.0. The highest BCUT2D eigenvalue weighted by Gasteiger charge is 2.31. The molecule has 1 aliphatic rings. The molecule has 7 aromatic carbocycles. The fourth-order valence-electron chi connectivity index (χ4n) is 7.70. The Kier molecular flexibility index (Phi) is 7.27. The Hall–Kier alpha value is -6.42. The first-order valence-electron chi connectivity index (χ1n) is 17.0. The van der Waals surface area contributed by atoms with Crippen molar-refractivity contribution in [2.24, 2.45) is 5.73 Å². The largest absolute Gasteiger partial charge is 0.327 e. The van der Waals surface area contributed by atoms with Gasteiger partial charge in [0.2, 0.25) is 0 Å². The molecule has 1 aromatic heterocycles. The van der Waals surface area contributed by atoms with Crippen molar-refractivity contribution in [2.45, 2.75) is 0 Å². The van der Waals surface area contributed by atoms with Crippen molar-refractivity contribution in [3.63, 3.8) is 0 Å². The fraction of sp³-hybridized carbons (Fsp3) is 0.0213. The van der Waals surface area contributed by atoms with E-state index in [-0.39, 0.29) is 0 Å². The van der Waals surface area contributed by atoms with Crippen LogP contribution in [-0.4, -0.2) is 17.2 Å². The molecule has 8 aromatic rings. The number of nitrogens with two attached hydrogens (primary N) is 1. The van der Waals surface area contributed by atoms with Crippen molar-refractivity contribution in [2.75, 3.05) is 6.54 Å². The molecule has 3 heteroatoms. The number of nitrogens with zero attached hydrogens (tertiary/aromatic N) is 1. The Bertz CT molecular complexity index is 2530. The summed E-state index contributed by atoms with van der Waals surface area (Å²) in [5, 5.41) is 13.4. The van der Waals surface area contributed by atoms with Gasteiger partial charge in [-0.25, -0.2) is 4.98 Å². The van der Waals surface area contributed by atoms with Crippen LogP contribution in [0, 0.1) is 5.41 Å². The van der Waals surface area contributed by atoms with E-state index in [1.54, 1.807) is 12.2 Å². The van der Waals surface area contributed by atoms with Crippen molar-refractivity contribution in [3.8, 4) is 66.9 Å². The molecule has 0 atom stereocenters. The maximum atomic E-state index is 8.36. The lowest BCUT2D eigenvalue weighted by Crippen LogP contribution is -2.01. The van der Waals surface area contributed by atoms with Gasteiger partial charge in [0.15, 0.2) is 0 Å². The van der Waals surface area contributed by atoms with Gasteiger partial charge in [-0.3, -0.25) is 5.41 Å². The smallest absolute Gasteiger partial charge is 0.0886 e. The zero-order valence-corrected chi connectivity index (χ0v) is 27.4. The van der Waals surface area contributed by atoms with Crippen molar-refractivity contribution in [1.82, 2.24) is 4.98 Å². The molecular weight excluding hydrogens is 607 g/mol. The molecule has 0 fully saturated rings. The second kappa shape index (κ2) is 12.2. The minimum Gasteiger partial charge on any atom is -0.327 e. The number of fused-ring (bicyclic) bond motifs is 4. The van der Waals surface area contributed by atoms with E-state index in [2.05, 4.69) is 140 Å². The van der Waals surface area contributed by atoms with E-state index in [1.165, 1.54) is 71.6 Å². The summed E-state index contributed by atoms with van der Waals surface area (Å²) in [4.78, 5) is 4.78. The third-order valence-corrected chi connectivity index (χ3v) is 9.86. The van der Waals surface area contributed by atoms with Crippen LogP contribution in [0.1, 0.15) is 5.69 Å². The Morgan fingerprint density at radius 2 is 1.02 bits per heavy atom. The molecule has 0 aliphatic heterocycles. The number of hydrogen-bond donors (Lipinski definition) is 2. The summed E-state index contributed by atoms with van der Waals surface area (Å²) >= 11 is 0. The monoisotopic (exact) mass is 639 g/mol. The molecule has 0 amide bonds. The van der Waals surface area contributed by atoms with E-state index >= 15 is 0 Å². The predicted molar refractivity (Wildman–Crippen MR) is 210 cm³/mol. The minimum absolute atomic E-state index is 0.349. The molecule has 0 radical (unpaired) electrons. The molecule has 9 rings (SSSR count). The van der Waals surface area contributed by atoms with Crippen LogP contribution < -0.4 is 5.73 Å². The molecule has 0 unspecified atom stereocenters.